The molecule has 0 unspecified atom stereocenters. The van der Waals surface area contributed by atoms with Gasteiger partial charge in [0.2, 0.25) is 10.0 Å². The van der Waals surface area contributed by atoms with E-state index in [-0.39, 0.29) is 30.4 Å². The Hall–Kier alpha value is -1.81. The van der Waals surface area contributed by atoms with Gasteiger partial charge in [-0.2, -0.15) is 17.5 Å². The first-order chi connectivity index (χ1) is 14.7. The molecule has 32 heavy (non-hydrogen) atoms. The highest BCUT2D eigenvalue weighted by Crippen LogP contribution is 2.37. The molecule has 5 rings (SSSR count). The average Bonchev–Trinajstić information content (AvgIpc) is 3.50. The van der Waals surface area contributed by atoms with Crippen LogP contribution in [0.3, 0.4) is 0 Å². The third kappa shape index (κ3) is 4.35. The van der Waals surface area contributed by atoms with Crippen LogP contribution in [0.5, 0.6) is 0 Å². The first-order valence-electron chi connectivity index (χ1n) is 10.5. The molecule has 0 atom stereocenters. The number of hydrogen-bond donors (Lipinski definition) is 0. The van der Waals surface area contributed by atoms with Crippen molar-refractivity contribution < 1.29 is 21.6 Å². The molecule has 0 N–H and O–H groups in total. The number of sulfonamides is 1. The van der Waals surface area contributed by atoms with E-state index < -0.39 is 21.8 Å². The van der Waals surface area contributed by atoms with Gasteiger partial charge in [-0.15, -0.1) is 12.4 Å². The van der Waals surface area contributed by atoms with Crippen LogP contribution < -0.4 is 4.90 Å². The summed E-state index contributed by atoms with van der Waals surface area (Å²) in [4.78, 5) is 4.50. The van der Waals surface area contributed by atoms with E-state index in [4.69, 9.17) is 0 Å². The molecule has 0 radical (unpaired) electrons. The van der Waals surface area contributed by atoms with E-state index in [0.29, 0.717) is 0 Å². The van der Waals surface area contributed by atoms with Crippen molar-refractivity contribution in [1.29, 1.82) is 0 Å². The molecule has 5 nitrogen and oxygen atoms in total. The van der Waals surface area contributed by atoms with Crippen molar-refractivity contribution in [3.8, 4) is 0 Å². The zero-order valence-electron chi connectivity index (χ0n) is 17.4. The average molecular weight is 488 g/mol. The second-order valence-electron chi connectivity index (χ2n) is 8.47. The monoisotopic (exact) mass is 487 g/mol. The first kappa shape index (κ1) is 23.4. The van der Waals surface area contributed by atoms with Gasteiger partial charge in [0.05, 0.1) is 10.5 Å². The molecule has 2 fully saturated rings. The van der Waals surface area contributed by atoms with Crippen molar-refractivity contribution in [2.45, 2.75) is 43.0 Å². The Labute approximate surface area is 192 Å². The van der Waals surface area contributed by atoms with Crippen molar-refractivity contribution in [2.24, 2.45) is 0 Å². The number of benzene rings is 2. The number of fused-ring (bicyclic) bond motifs is 1. The zero-order valence-corrected chi connectivity index (χ0v) is 19.0. The molecular formula is C22H25ClF3N3O2S. The van der Waals surface area contributed by atoms with Crippen LogP contribution in [0, 0.1) is 0 Å². The van der Waals surface area contributed by atoms with Crippen LogP contribution in [-0.2, 0) is 29.3 Å². The molecule has 2 aromatic rings. The van der Waals surface area contributed by atoms with E-state index in [1.807, 2.05) is 18.2 Å². The third-order valence-electron chi connectivity index (χ3n) is 6.45. The van der Waals surface area contributed by atoms with Crippen LogP contribution in [0.15, 0.2) is 47.4 Å². The number of rotatable bonds is 4. The minimum absolute atomic E-state index is 0. The third-order valence-corrected chi connectivity index (χ3v) is 8.23. The Kier molecular flexibility index (Phi) is 6.21. The quantitative estimate of drug-likeness (QED) is 0.651. The van der Waals surface area contributed by atoms with Crippen molar-refractivity contribution in [1.82, 2.24) is 9.21 Å². The Morgan fingerprint density at radius 2 is 1.59 bits per heavy atom. The summed E-state index contributed by atoms with van der Waals surface area (Å²) in [6, 6.07) is 10.6. The molecule has 1 saturated heterocycles. The van der Waals surface area contributed by atoms with Crippen molar-refractivity contribution in [2.75, 3.05) is 31.1 Å². The van der Waals surface area contributed by atoms with Crippen molar-refractivity contribution in [3.63, 3.8) is 0 Å². The molecule has 1 aliphatic carbocycles. The van der Waals surface area contributed by atoms with Crippen LogP contribution in [0.2, 0.25) is 0 Å². The Morgan fingerprint density at radius 3 is 2.25 bits per heavy atom. The Bertz CT molecular complexity index is 1100. The van der Waals surface area contributed by atoms with Gasteiger partial charge in [-0.1, -0.05) is 18.2 Å². The van der Waals surface area contributed by atoms with Crippen LogP contribution in [0.1, 0.15) is 29.5 Å². The van der Waals surface area contributed by atoms with E-state index in [1.165, 1.54) is 23.2 Å². The fourth-order valence-corrected chi connectivity index (χ4v) is 6.02. The minimum atomic E-state index is -4.59. The molecule has 0 bridgehead atoms. The van der Waals surface area contributed by atoms with E-state index in [9.17, 15) is 21.6 Å². The summed E-state index contributed by atoms with van der Waals surface area (Å²) >= 11 is 0. The Balaban J connectivity index is 0.00000245. The fourth-order valence-electron chi connectivity index (χ4n) is 4.59. The van der Waals surface area contributed by atoms with E-state index >= 15 is 0 Å². The lowest BCUT2D eigenvalue weighted by Crippen LogP contribution is -2.47. The fraction of sp³-hybridized carbons (Fsp3) is 0.455. The lowest BCUT2D eigenvalue weighted by atomic mass is 10.1. The smallest absolute Gasteiger partial charge is 0.369 e. The maximum atomic E-state index is 13.1. The van der Waals surface area contributed by atoms with Crippen molar-refractivity contribution >= 4 is 28.1 Å². The van der Waals surface area contributed by atoms with E-state index in [0.717, 1.165) is 67.2 Å². The molecule has 10 heteroatoms. The van der Waals surface area contributed by atoms with Gasteiger partial charge < -0.3 is 4.90 Å². The molecule has 3 aliphatic rings. The van der Waals surface area contributed by atoms with Gasteiger partial charge in [0.1, 0.15) is 0 Å². The van der Waals surface area contributed by atoms with Gasteiger partial charge in [-0.25, -0.2) is 8.42 Å². The molecule has 174 valence electrons. The summed E-state index contributed by atoms with van der Waals surface area (Å²) in [5, 5.41) is 0. The second-order valence-corrected chi connectivity index (χ2v) is 10.4. The normalized spacial score (nSPS) is 20.2. The van der Waals surface area contributed by atoms with Gasteiger partial charge in [0.15, 0.2) is 0 Å². The number of piperazine rings is 1. The first-order valence-corrected chi connectivity index (χ1v) is 11.9. The highest BCUT2D eigenvalue weighted by atomic mass is 35.5. The zero-order chi connectivity index (χ0) is 21.8. The summed E-state index contributed by atoms with van der Waals surface area (Å²) in [6.07, 6.45) is -2.03. The van der Waals surface area contributed by atoms with Crippen molar-refractivity contribution in [3.05, 3.63) is 59.2 Å². The number of halogens is 4. The molecule has 0 aromatic heterocycles. The standard InChI is InChI=1S/C22H24F3N3O2S.ClH/c23-22(24,25)17-4-2-5-19(13-17)31(29,30)28-14-16-3-1-6-21(20(16)15-28)27-11-9-26(10-12-27)18-7-8-18;/h1-6,13,18H,7-12,14-15H2;1H. The lowest BCUT2D eigenvalue weighted by molar-refractivity contribution is -0.137. The maximum absolute atomic E-state index is 13.1. The molecular weight excluding hydrogens is 463 g/mol. The SMILES string of the molecule is Cl.O=S(=O)(c1cccc(C(F)(F)F)c1)N1Cc2cccc(N3CCN(C4CC4)CC3)c2C1. The van der Waals surface area contributed by atoms with Gasteiger partial charge >= 0.3 is 6.18 Å². The lowest BCUT2D eigenvalue weighted by Gasteiger charge is -2.37. The topological polar surface area (TPSA) is 43.9 Å². The van der Waals surface area contributed by atoms with Crippen LogP contribution in [-0.4, -0.2) is 49.8 Å². The molecule has 0 spiro atoms. The number of nitrogens with zero attached hydrogens (tertiary/aromatic N) is 3. The van der Waals surface area contributed by atoms with Gasteiger partial charge in [-0.05, 0) is 48.2 Å². The van der Waals surface area contributed by atoms with Gasteiger partial charge in [0, 0.05) is 51.0 Å². The predicted octanol–water partition coefficient (Wildman–Crippen LogP) is 4.12. The molecule has 2 aliphatic heterocycles. The summed E-state index contributed by atoms with van der Waals surface area (Å²) in [7, 11) is -4.04. The summed E-state index contributed by atoms with van der Waals surface area (Å²) < 4.78 is 66.8. The minimum Gasteiger partial charge on any atom is -0.369 e. The molecule has 2 heterocycles. The highest BCUT2D eigenvalue weighted by molar-refractivity contribution is 7.89. The maximum Gasteiger partial charge on any atom is 0.416 e. The number of anilines is 1. The number of alkyl halides is 3. The van der Waals surface area contributed by atoms with Gasteiger partial charge in [0.25, 0.3) is 0 Å². The summed E-state index contributed by atoms with van der Waals surface area (Å²) in [5.74, 6) is 0. The van der Waals surface area contributed by atoms with Gasteiger partial charge in [-0.3, -0.25) is 4.90 Å². The van der Waals surface area contributed by atoms with E-state index in [2.05, 4.69) is 9.80 Å². The van der Waals surface area contributed by atoms with E-state index in [1.54, 1.807) is 0 Å². The summed E-state index contributed by atoms with van der Waals surface area (Å²) in [6.45, 7) is 4.14. The van der Waals surface area contributed by atoms with Crippen LogP contribution in [0.25, 0.3) is 0 Å². The second kappa shape index (κ2) is 8.52. The number of hydrogen-bond acceptors (Lipinski definition) is 4. The Morgan fingerprint density at radius 1 is 0.906 bits per heavy atom. The highest BCUT2D eigenvalue weighted by Gasteiger charge is 2.37. The predicted molar refractivity (Wildman–Crippen MR) is 118 cm³/mol. The molecule has 2 aromatic carbocycles. The molecule has 1 saturated carbocycles. The summed E-state index contributed by atoms with van der Waals surface area (Å²) in [5.41, 5.74) is 1.95. The largest absolute Gasteiger partial charge is 0.416 e. The molecule has 0 amide bonds. The van der Waals surface area contributed by atoms with Crippen LogP contribution in [0.4, 0.5) is 18.9 Å². The van der Waals surface area contributed by atoms with Crippen LogP contribution >= 0.6 is 12.4 Å².